The highest BCUT2D eigenvalue weighted by molar-refractivity contribution is 5.79. The Hall–Kier alpha value is -2.50. The van der Waals surface area contributed by atoms with Gasteiger partial charge in [0.05, 0.1) is 0 Å². The Bertz CT molecular complexity index is 554. The van der Waals surface area contributed by atoms with Crippen molar-refractivity contribution in [2.45, 2.75) is 80.1 Å². The van der Waals surface area contributed by atoms with Gasteiger partial charge < -0.3 is 19.1 Å². The average Bonchev–Trinajstić information content (AvgIpc) is 2.66. The van der Waals surface area contributed by atoms with E-state index in [1.165, 1.54) is 26.0 Å². The lowest BCUT2D eigenvalue weighted by Gasteiger charge is -2.10. The second-order valence-electron chi connectivity index (χ2n) is 5.51. The second-order valence-corrected chi connectivity index (χ2v) is 5.51. The fourth-order valence-electron chi connectivity index (χ4n) is 1.93. The molecule has 1 aromatic carbocycles. The Labute approximate surface area is 168 Å². The summed E-state index contributed by atoms with van der Waals surface area (Å²) in [7, 11) is 0. The third-order valence-electron chi connectivity index (χ3n) is 3.12. The molecule has 0 atom stereocenters. The number of esters is 2. The topological polar surface area (TPSA) is 86.7 Å². The number of hydrogen-bond donors (Lipinski definition) is 0. The number of benzene rings is 1. The van der Waals surface area contributed by atoms with Gasteiger partial charge in [0.2, 0.25) is 0 Å². The first-order valence-corrected chi connectivity index (χ1v) is 9.87. The van der Waals surface area contributed by atoms with Gasteiger partial charge in [-0.3, -0.25) is 9.59 Å². The number of ketones is 2. The number of carbonyl (C=O) groups is 4. The molecule has 158 valence electrons. The highest BCUT2D eigenvalue weighted by Gasteiger charge is 2.13. The van der Waals surface area contributed by atoms with Crippen LogP contribution in [0.3, 0.4) is 0 Å². The van der Waals surface area contributed by atoms with Crippen LogP contribution in [0.25, 0.3) is 0 Å². The summed E-state index contributed by atoms with van der Waals surface area (Å²) in [4.78, 5) is 45.2. The Morgan fingerprint density at radius 3 is 1.25 bits per heavy atom. The van der Waals surface area contributed by atoms with Crippen molar-refractivity contribution in [1.29, 1.82) is 0 Å². The molecule has 0 saturated carbocycles. The van der Waals surface area contributed by atoms with Crippen molar-refractivity contribution in [1.82, 2.24) is 0 Å². The van der Waals surface area contributed by atoms with Gasteiger partial charge >= 0.3 is 11.9 Å². The van der Waals surface area contributed by atoms with Gasteiger partial charge in [0, 0.05) is 25.7 Å². The van der Waals surface area contributed by atoms with Gasteiger partial charge in [-0.25, -0.2) is 0 Å². The van der Waals surface area contributed by atoms with Gasteiger partial charge in [-0.1, -0.05) is 39.8 Å². The second kappa shape index (κ2) is 17.9. The molecule has 0 bridgehead atoms. The molecule has 0 aliphatic heterocycles. The minimum Gasteiger partial charge on any atom is -0.423 e. The Morgan fingerprint density at radius 2 is 0.964 bits per heavy atom. The number of Topliss-reactive ketones (excluding diaryl/α,β-unsaturated/α-hetero) is 2. The van der Waals surface area contributed by atoms with E-state index < -0.39 is 11.9 Å². The molecule has 0 radical (unpaired) electrons. The molecule has 6 heteroatoms. The molecule has 0 unspecified atom stereocenters. The highest BCUT2D eigenvalue weighted by atomic mass is 16.6. The third-order valence-corrected chi connectivity index (χ3v) is 3.12. The fraction of sp³-hybridized carbons (Fsp3) is 0.545. The van der Waals surface area contributed by atoms with E-state index in [2.05, 4.69) is 0 Å². The molecule has 0 heterocycles. The minimum absolute atomic E-state index is 0.0164. The normalized spacial score (nSPS) is 9.07. The van der Waals surface area contributed by atoms with Crippen LogP contribution in [0.2, 0.25) is 0 Å². The highest BCUT2D eigenvalue weighted by Crippen LogP contribution is 2.27. The van der Waals surface area contributed by atoms with Crippen LogP contribution in [-0.2, 0) is 19.2 Å². The van der Waals surface area contributed by atoms with Crippen LogP contribution in [0.1, 0.15) is 80.1 Å². The molecule has 0 saturated heterocycles. The molecule has 1 aromatic rings. The largest absolute Gasteiger partial charge is 0.423 e. The molecule has 28 heavy (non-hydrogen) atoms. The molecule has 1 rings (SSSR count). The molecule has 0 amide bonds. The fourth-order valence-corrected chi connectivity index (χ4v) is 1.93. The number of para-hydroxylation sites is 2. The predicted octanol–water partition coefficient (Wildman–Crippen LogP) is 5.07. The van der Waals surface area contributed by atoms with Gasteiger partial charge in [-0.15, -0.1) is 0 Å². The number of carbonyl (C=O) groups excluding carboxylic acids is 4. The molecule has 0 N–H and O–H groups in total. The zero-order chi connectivity index (χ0) is 21.9. The standard InChI is InChI=1S/C18H22O6.2C2H6/c1-13(19)7-5-11-17(21)23-15-9-3-4-10-16(15)24-18(22)12-6-8-14(2)20;2*1-2/h3-4,9-10H,5-8,11-12H2,1-2H3;2*1-2H3. The van der Waals surface area contributed by atoms with Gasteiger partial charge in [0.1, 0.15) is 11.6 Å². The number of hydrogen-bond acceptors (Lipinski definition) is 6. The van der Waals surface area contributed by atoms with Crippen LogP contribution in [-0.4, -0.2) is 23.5 Å². The van der Waals surface area contributed by atoms with Crippen LogP contribution < -0.4 is 9.47 Å². The van der Waals surface area contributed by atoms with Gasteiger partial charge in [0.15, 0.2) is 11.5 Å². The van der Waals surface area contributed by atoms with Crippen molar-refractivity contribution in [3.63, 3.8) is 0 Å². The van der Waals surface area contributed by atoms with E-state index in [4.69, 9.17) is 9.47 Å². The first-order valence-electron chi connectivity index (χ1n) is 9.87. The maximum absolute atomic E-state index is 11.8. The summed E-state index contributed by atoms with van der Waals surface area (Å²) in [5, 5.41) is 0. The van der Waals surface area contributed by atoms with Crippen LogP contribution in [0.4, 0.5) is 0 Å². The Kier molecular flexibility index (Phi) is 17.7. The monoisotopic (exact) mass is 394 g/mol. The number of ether oxygens (including phenoxy) is 2. The maximum Gasteiger partial charge on any atom is 0.311 e. The smallest absolute Gasteiger partial charge is 0.311 e. The van der Waals surface area contributed by atoms with Gasteiger partial charge in [-0.2, -0.15) is 0 Å². The number of rotatable bonds is 10. The van der Waals surface area contributed by atoms with Crippen molar-refractivity contribution in [2.24, 2.45) is 0 Å². The molecule has 0 fully saturated rings. The summed E-state index contributed by atoms with van der Waals surface area (Å²) in [6.07, 6.45) is 1.70. The van der Waals surface area contributed by atoms with E-state index in [0.29, 0.717) is 25.7 Å². The zero-order valence-corrected chi connectivity index (χ0v) is 18.0. The lowest BCUT2D eigenvalue weighted by Crippen LogP contribution is -2.12. The Morgan fingerprint density at radius 1 is 0.643 bits per heavy atom. The van der Waals surface area contributed by atoms with E-state index in [1.807, 2.05) is 27.7 Å². The van der Waals surface area contributed by atoms with E-state index in [-0.39, 0.29) is 35.9 Å². The quantitative estimate of drug-likeness (QED) is 0.407. The molecular formula is C22H34O6. The van der Waals surface area contributed by atoms with Gasteiger partial charge in [-0.05, 0) is 38.8 Å². The first kappa shape index (κ1) is 27.7. The SMILES string of the molecule is CC.CC.CC(=O)CCCC(=O)Oc1ccccc1OC(=O)CCCC(C)=O. The Balaban J connectivity index is 0. The van der Waals surface area contributed by atoms with Crippen LogP contribution in [0.15, 0.2) is 24.3 Å². The molecule has 0 aliphatic rings. The van der Waals surface area contributed by atoms with E-state index >= 15 is 0 Å². The van der Waals surface area contributed by atoms with E-state index in [1.54, 1.807) is 12.1 Å². The third kappa shape index (κ3) is 14.6. The summed E-state index contributed by atoms with van der Waals surface area (Å²) in [5.41, 5.74) is 0. The van der Waals surface area contributed by atoms with Crippen LogP contribution in [0.5, 0.6) is 11.5 Å². The van der Waals surface area contributed by atoms with E-state index in [0.717, 1.165) is 0 Å². The molecule has 6 nitrogen and oxygen atoms in total. The summed E-state index contributed by atoms with van der Waals surface area (Å²) in [6.45, 7) is 10.9. The maximum atomic E-state index is 11.8. The lowest BCUT2D eigenvalue weighted by molar-refractivity contribution is -0.137. The molecular weight excluding hydrogens is 360 g/mol. The summed E-state index contributed by atoms with van der Waals surface area (Å²) < 4.78 is 10.4. The van der Waals surface area contributed by atoms with Crippen molar-refractivity contribution in [3.05, 3.63) is 24.3 Å². The zero-order valence-electron chi connectivity index (χ0n) is 18.0. The molecule has 0 aromatic heterocycles. The van der Waals surface area contributed by atoms with Crippen molar-refractivity contribution >= 4 is 23.5 Å². The molecule has 0 aliphatic carbocycles. The van der Waals surface area contributed by atoms with E-state index in [9.17, 15) is 19.2 Å². The minimum atomic E-state index is -0.490. The van der Waals surface area contributed by atoms with Gasteiger partial charge in [0.25, 0.3) is 0 Å². The molecule has 0 spiro atoms. The first-order chi connectivity index (χ1) is 13.4. The predicted molar refractivity (Wildman–Crippen MR) is 109 cm³/mol. The summed E-state index contributed by atoms with van der Waals surface area (Å²) in [5.74, 6) is -0.631. The lowest BCUT2D eigenvalue weighted by atomic mass is 10.2. The summed E-state index contributed by atoms with van der Waals surface area (Å²) >= 11 is 0. The van der Waals surface area contributed by atoms with Crippen molar-refractivity contribution in [2.75, 3.05) is 0 Å². The van der Waals surface area contributed by atoms with Crippen molar-refractivity contribution < 1.29 is 28.7 Å². The average molecular weight is 395 g/mol. The van der Waals surface area contributed by atoms with Crippen molar-refractivity contribution in [3.8, 4) is 11.5 Å². The summed E-state index contributed by atoms with van der Waals surface area (Å²) in [6, 6.07) is 6.37. The van der Waals surface area contributed by atoms with Crippen LogP contribution >= 0.6 is 0 Å². The van der Waals surface area contributed by atoms with Crippen LogP contribution in [0, 0.1) is 0 Å².